The molecule has 12 heteroatoms. The zero-order valence-corrected chi connectivity index (χ0v) is 11.9. The lowest BCUT2D eigenvalue weighted by atomic mass is 10.3. The van der Waals surface area contributed by atoms with Crippen molar-refractivity contribution >= 4 is 17.6 Å². The summed E-state index contributed by atoms with van der Waals surface area (Å²) in [6.07, 6.45) is 0. The maximum absolute atomic E-state index is 11.8. The van der Waals surface area contributed by atoms with Crippen LogP contribution in [0.2, 0.25) is 0 Å². The Kier molecular flexibility index (Phi) is 4.44. The van der Waals surface area contributed by atoms with Gasteiger partial charge in [-0.05, 0) is 17.1 Å². The molecule has 0 aliphatic rings. The molecule has 2 rings (SSSR count). The van der Waals surface area contributed by atoms with E-state index in [1.807, 2.05) is 0 Å². The zero-order chi connectivity index (χ0) is 17.0. The van der Waals surface area contributed by atoms with Crippen LogP contribution in [0.15, 0.2) is 24.3 Å². The molecule has 0 spiro atoms. The van der Waals surface area contributed by atoms with Gasteiger partial charge >= 0.3 is 5.82 Å². The molecule has 0 aliphatic heterocycles. The van der Waals surface area contributed by atoms with E-state index >= 15 is 0 Å². The molecule has 0 bridgehead atoms. The highest BCUT2D eigenvalue weighted by Crippen LogP contribution is 2.11. The number of rotatable bonds is 6. The number of aromatic nitrogens is 5. The van der Waals surface area contributed by atoms with Crippen LogP contribution in [0.4, 0.5) is 5.82 Å². The Balaban J connectivity index is 1.98. The number of nitro groups is 1. The van der Waals surface area contributed by atoms with Crippen LogP contribution < -0.4 is 10.6 Å². The van der Waals surface area contributed by atoms with Crippen LogP contribution in [-0.2, 0) is 4.79 Å². The molecule has 12 nitrogen and oxygen atoms in total. The predicted molar refractivity (Wildman–Crippen MR) is 75.4 cm³/mol. The van der Waals surface area contributed by atoms with Crippen LogP contribution in [0, 0.1) is 10.1 Å². The monoisotopic (exact) mass is 320 g/mol. The van der Waals surface area contributed by atoms with Crippen molar-refractivity contribution in [3.05, 3.63) is 40.2 Å². The number of aromatic amines is 1. The van der Waals surface area contributed by atoms with Crippen molar-refractivity contribution in [1.82, 2.24) is 35.8 Å². The molecule has 0 aliphatic carbocycles. The molecule has 2 heterocycles. The normalized spacial score (nSPS) is 10.1. The van der Waals surface area contributed by atoms with Crippen LogP contribution >= 0.6 is 0 Å². The van der Waals surface area contributed by atoms with Crippen molar-refractivity contribution in [3.8, 4) is 5.82 Å². The summed E-state index contributed by atoms with van der Waals surface area (Å²) in [5.74, 6) is -1.39. The van der Waals surface area contributed by atoms with Gasteiger partial charge in [0.15, 0.2) is 0 Å². The largest absolute Gasteiger partial charge is 0.358 e. The van der Waals surface area contributed by atoms with Crippen LogP contribution in [0.25, 0.3) is 5.82 Å². The van der Waals surface area contributed by atoms with E-state index in [1.54, 1.807) is 0 Å². The van der Waals surface area contributed by atoms with Gasteiger partial charge in [0.2, 0.25) is 11.7 Å². The molecule has 0 fully saturated rings. The fourth-order valence-electron chi connectivity index (χ4n) is 1.44. The standard InChI is InChI=1S/C11H12N8O4/c1-6(2)10(20)12-5-13-11(21)9-15-17-18(16-9)7-3-4-8(14-7)19(22)23/h3-4,14H,1,5H2,2H3,(H,12,20)(H,13,21). The highest BCUT2D eigenvalue weighted by molar-refractivity contribution is 5.93. The van der Waals surface area contributed by atoms with Gasteiger partial charge in [0.25, 0.3) is 11.7 Å². The van der Waals surface area contributed by atoms with Gasteiger partial charge in [0, 0.05) is 17.7 Å². The van der Waals surface area contributed by atoms with Crippen molar-refractivity contribution < 1.29 is 14.5 Å². The molecule has 2 aromatic rings. The Labute approximate surface area is 128 Å². The highest BCUT2D eigenvalue weighted by atomic mass is 16.6. The topological polar surface area (TPSA) is 161 Å². The quantitative estimate of drug-likeness (QED) is 0.274. The number of nitrogens with zero attached hydrogens (tertiary/aromatic N) is 5. The van der Waals surface area contributed by atoms with Crippen molar-refractivity contribution in [3.63, 3.8) is 0 Å². The Bertz CT molecular complexity index is 777. The summed E-state index contributed by atoms with van der Waals surface area (Å²) in [6.45, 7) is 4.84. The Hall–Kier alpha value is -3.57. The number of amides is 2. The molecule has 0 saturated heterocycles. The fourth-order valence-corrected chi connectivity index (χ4v) is 1.44. The van der Waals surface area contributed by atoms with E-state index in [0.717, 1.165) is 4.80 Å². The second-order valence-electron chi connectivity index (χ2n) is 4.36. The van der Waals surface area contributed by atoms with Gasteiger partial charge in [-0.15, -0.1) is 10.2 Å². The number of H-pyrrole nitrogens is 1. The van der Waals surface area contributed by atoms with Gasteiger partial charge < -0.3 is 20.7 Å². The lowest BCUT2D eigenvalue weighted by molar-refractivity contribution is -0.389. The van der Waals surface area contributed by atoms with Gasteiger partial charge in [0.05, 0.1) is 6.67 Å². The molecule has 0 radical (unpaired) electrons. The highest BCUT2D eigenvalue weighted by Gasteiger charge is 2.17. The molecule has 0 atom stereocenters. The molecule has 23 heavy (non-hydrogen) atoms. The Morgan fingerprint density at radius 3 is 2.78 bits per heavy atom. The number of carbonyl (C=O) groups is 2. The van der Waals surface area contributed by atoms with Gasteiger partial charge in [-0.25, -0.2) is 4.98 Å². The fraction of sp³-hybridized carbons (Fsp3) is 0.182. The molecule has 0 aromatic carbocycles. The van der Waals surface area contributed by atoms with Crippen LogP contribution in [0.3, 0.4) is 0 Å². The third-order valence-corrected chi connectivity index (χ3v) is 2.57. The number of tetrazole rings is 1. The van der Waals surface area contributed by atoms with Gasteiger partial charge in [0.1, 0.15) is 0 Å². The van der Waals surface area contributed by atoms with Gasteiger partial charge in [-0.3, -0.25) is 9.59 Å². The molecular weight excluding hydrogens is 308 g/mol. The summed E-state index contributed by atoms with van der Waals surface area (Å²) in [5.41, 5.74) is 0.302. The molecule has 2 amide bonds. The molecular formula is C11H12N8O4. The minimum Gasteiger partial charge on any atom is -0.358 e. The van der Waals surface area contributed by atoms with Crippen molar-refractivity contribution in [2.75, 3.05) is 6.67 Å². The van der Waals surface area contributed by atoms with Crippen LogP contribution in [0.1, 0.15) is 17.5 Å². The lowest BCUT2D eigenvalue weighted by Gasteiger charge is -2.04. The predicted octanol–water partition coefficient (Wildman–Crippen LogP) is -0.722. The summed E-state index contributed by atoms with van der Waals surface area (Å²) < 4.78 is 0. The number of hydrogen-bond acceptors (Lipinski definition) is 7. The van der Waals surface area contributed by atoms with E-state index in [4.69, 9.17) is 0 Å². The Morgan fingerprint density at radius 1 is 1.43 bits per heavy atom. The first-order chi connectivity index (χ1) is 10.9. The first-order valence-corrected chi connectivity index (χ1v) is 6.24. The maximum Gasteiger partial charge on any atom is 0.322 e. The average Bonchev–Trinajstić information content (AvgIpc) is 3.15. The van der Waals surface area contributed by atoms with E-state index in [-0.39, 0.29) is 24.1 Å². The third-order valence-electron chi connectivity index (χ3n) is 2.57. The SMILES string of the molecule is C=C(C)C(=O)NCNC(=O)c1nnn(-c2ccc([N+](=O)[O-])[nH]2)n1. The molecule has 0 unspecified atom stereocenters. The van der Waals surface area contributed by atoms with Gasteiger partial charge in [-0.1, -0.05) is 11.4 Å². The number of hydrogen-bond donors (Lipinski definition) is 3. The maximum atomic E-state index is 11.8. The minimum atomic E-state index is -0.667. The van der Waals surface area contributed by atoms with Crippen molar-refractivity contribution in [1.29, 1.82) is 0 Å². The number of carbonyl (C=O) groups excluding carboxylic acids is 2. The lowest BCUT2D eigenvalue weighted by Crippen LogP contribution is -2.37. The van der Waals surface area contributed by atoms with E-state index in [2.05, 4.69) is 37.6 Å². The summed E-state index contributed by atoms with van der Waals surface area (Å²) in [6, 6.07) is 2.60. The second-order valence-corrected chi connectivity index (χ2v) is 4.36. The zero-order valence-electron chi connectivity index (χ0n) is 11.9. The van der Waals surface area contributed by atoms with E-state index in [9.17, 15) is 19.7 Å². The Morgan fingerprint density at radius 2 is 2.17 bits per heavy atom. The molecule has 120 valence electrons. The summed E-state index contributed by atoms with van der Waals surface area (Å²) in [4.78, 5) is 36.4. The average molecular weight is 320 g/mol. The van der Waals surface area contributed by atoms with Crippen LogP contribution in [0.5, 0.6) is 0 Å². The third kappa shape index (κ3) is 3.75. The van der Waals surface area contributed by atoms with Crippen molar-refractivity contribution in [2.24, 2.45) is 0 Å². The smallest absolute Gasteiger partial charge is 0.322 e. The van der Waals surface area contributed by atoms with Gasteiger partial charge in [-0.2, -0.15) is 0 Å². The van der Waals surface area contributed by atoms with Crippen LogP contribution in [-0.4, -0.2) is 48.6 Å². The first kappa shape index (κ1) is 15.8. The number of nitrogens with one attached hydrogen (secondary N) is 3. The minimum absolute atomic E-state index is 0.132. The van der Waals surface area contributed by atoms with E-state index < -0.39 is 16.7 Å². The van der Waals surface area contributed by atoms with E-state index in [1.165, 1.54) is 19.1 Å². The molecule has 3 N–H and O–H groups in total. The van der Waals surface area contributed by atoms with E-state index in [0.29, 0.717) is 5.57 Å². The second kappa shape index (κ2) is 6.46. The first-order valence-electron chi connectivity index (χ1n) is 6.24. The summed E-state index contributed by atoms with van der Waals surface area (Å²) >= 11 is 0. The van der Waals surface area contributed by atoms with Crippen molar-refractivity contribution in [2.45, 2.75) is 6.92 Å². The molecule has 0 saturated carbocycles. The summed E-state index contributed by atoms with van der Waals surface area (Å²) in [5, 5.41) is 26.3. The molecule has 2 aromatic heterocycles. The summed E-state index contributed by atoms with van der Waals surface area (Å²) in [7, 11) is 0.